The number of nitro benzene ring substituents is 2. The highest BCUT2D eigenvalue weighted by Crippen LogP contribution is 2.44. The topological polar surface area (TPSA) is 238 Å². The number of carbonyl (C=O) groups is 1. The summed E-state index contributed by atoms with van der Waals surface area (Å²) >= 11 is 0. The summed E-state index contributed by atoms with van der Waals surface area (Å²) in [5.74, 6) is 0.0241. The number of non-ortho nitro benzene ring substituents is 1. The molecule has 0 fully saturated rings. The fourth-order valence-electron chi connectivity index (χ4n) is 6.37. The molecule has 0 spiro atoms. The van der Waals surface area contributed by atoms with Gasteiger partial charge in [0.25, 0.3) is 11.4 Å². The van der Waals surface area contributed by atoms with Crippen LogP contribution in [0.15, 0.2) is 66.7 Å². The number of rotatable bonds is 41. The van der Waals surface area contributed by atoms with Crippen molar-refractivity contribution in [1.29, 1.82) is 0 Å². The highest BCUT2D eigenvalue weighted by molar-refractivity contribution is 5.79. The molecule has 66 heavy (non-hydrogen) atoms. The van der Waals surface area contributed by atoms with E-state index in [9.17, 15) is 25.0 Å². The number of nitro groups is 2. The molecule has 0 heterocycles. The fourth-order valence-corrected chi connectivity index (χ4v) is 6.37. The van der Waals surface area contributed by atoms with Gasteiger partial charge in [-0.2, -0.15) is 0 Å². The number of ether oxygens (including phenoxy) is 12. The van der Waals surface area contributed by atoms with E-state index in [-0.39, 0.29) is 42.7 Å². The van der Waals surface area contributed by atoms with Crippen LogP contribution in [0, 0.1) is 20.2 Å². The van der Waals surface area contributed by atoms with Crippen molar-refractivity contribution in [3.8, 4) is 11.1 Å². The molecule has 0 unspecified atom stereocenters. The molecule has 0 bridgehead atoms. The number of benzene rings is 3. The van der Waals surface area contributed by atoms with E-state index in [1.807, 2.05) is 24.3 Å². The maximum absolute atomic E-state index is 12.3. The van der Waals surface area contributed by atoms with Gasteiger partial charge in [0.1, 0.15) is 12.3 Å². The fraction of sp³-hybridized carbons (Fsp3) is 0.578. The number of anilines is 1. The SMILES string of the molecule is O=C(NCCOCCOCCOCCOCCOCCOCCOCCOCCOCCOCCOCCNc1ccc([N+](=O)[O-])cc1[N+](=O)[O-])OCC1c2ccccc2-c2ccccc21. The Morgan fingerprint density at radius 1 is 0.470 bits per heavy atom. The maximum atomic E-state index is 12.3. The van der Waals surface area contributed by atoms with Crippen LogP contribution in [0.1, 0.15) is 17.0 Å². The third-order valence-corrected chi connectivity index (χ3v) is 9.53. The Morgan fingerprint density at radius 3 is 1.21 bits per heavy atom. The summed E-state index contributed by atoms with van der Waals surface area (Å²) in [6, 6.07) is 19.9. The van der Waals surface area contributed by atoms with E-state index in [2.05, 4.69) is 34.9 Å². The van der Waals surface area contributed by atoms with Crippen LogP contribution in [-0.2, 0) is 56.8 Å². The molecule has 1 aliphatic rings. The molecule has 0 aliphatic heterocycles. The van der Waals surface area contributed by atoms with Gasteiger partial charge in [0.05, 0.1) is 161 Å². The maximum Gasteiger partial charge on any atom is 0.407 e. The molecular weight excluding hydrogens is 869 g/mol. The number of nitrogens with one attached hydrogen (secondary N) is 2. The van der Waals surface area contributed by atoms with Crippen LogP contribution < -0.4 is 10.6 Å². The number of carbonyl (C=O) groups excluding carboxylic acids is 1. The quantitative estimate of drug-likeness (QED) is 0.0448. The van der Waals surface area contributed by atoms with E-state index in [0.29, 0.717) is 145 Å². The van der Waals surface area contributed by atoms with Gasteiger partial charge in [-0.05, 0) is 28.3 Å². The van der Waals surface area contributed by atoms with Crippen molar-refractivity contribution >= 4 is 23.2 Å². The van der Waals surface area contributed by atoms with Crippen molar-refractivity contribution in [2.75, 3.05) is 170 Å². The summed E-state index contributed by atoms with van der Waals surface area (Å²) in [4.78, 5) is 32.9. The molecule has 2 N–H and O–H groups in total. The van der Waals surface area contributed by atoms with Gasteiger partial charge in [0.2, 0.25) is 0 Å². The van der Waals surface area contributed by atoms with Crippen LogP contribution >= 0.6 is 0 Å². The highest BCUT2D eigenvalue weighted by atomic mass is 16.6. The first-order valence-electron chi connectivity index (χ1n) is 22.1. The average Bonchev–Trinajstić information content (AvgIpc) is 3.65. The summed E-state index contributed by atoms with van der Waals surface area (Å²) in [5, 5.41) is 27.6. The van der Waals surface area contributed by atoms with Crippen LogP contribution in [0.4, 0.5) is 21.9 Å². The molecule has 4 rings (SSSR count). The number of amides is 1. The molecule has 21 nitrogen and oxygen atoms in total. The minimum absolute atomic E-state index is 0.0241. The molecule has 21 heteroatoms. The van der Waals surface area contributed by atoms with Crippen LogP contribution in [0.5, 0.6) is 0 Å². The molecule has 3 aromatic carbocycles. The van der Waals surface area contributed by atoms with Gasteiger partial charge in [-0.3, -0.25) is 20.2 Å². The average molecular weight is 933 g/mol. The molecule has 3 aromatic rings. The molecule has 0 aromatic heterocycles. The first-order chi connectivity index (χ1) is 32.5. The predicted octanol–water partition coefficient (Wildman–Crippen LogP) is 4.64. The van der Waals surface area contributed by atoms with Gasteiger partial charge < -0.3 is 67.5 Å². The lowest BCUT2D eigenvalue weighted by atomic mass is 9.98. The largest absolute Gasteiger partial charge is 0.449 e. The van der Waals surface area contributed by atoms with Gasteiger partial charge in [0, 0.05) is 25.1 Å². The number of nitrogens with zero attached hydrogens (tertiary/aromatic N) is 2. The zero-order chi connectivity index (χ0) is 46.7. The Kier molecular flexibility index (Phi) is 28.0. The molecule has 0 atom stereocenters. The van der Waals surface area contributed by atoms with E-state index in [1.54, 1.807) is 0 Å². The second kappa shape index (κ2) is 34.4. The first kappa shape index (κ1) is 53.7. The Hall–Kier alpha value is -4.91. The van der Waals surface area contributed by atoms with Crippen molar-refractivity contribution in [3.63, 3.8) is 0 Å². The third kappa shape index (κ3) is 22.1. The van der Waals surface area contributed by atoms with Gasteiger partial charge in [-0.25, -0.2) is 4.79 Å². The Labute approximate surface area is 384 Å². The van der Waals surface area contributed by atoms with E-state index in [1.165, 1.54) is 34.4 Å². The molecule has 0 saturated carbocycles. The molecular formula is C45H64N4O17. The van der Waals surface area contributed by atoms with Gasteiger partial charge >= 0.3 is 6.09 Å². The second-order valence-electron chi connectivity index (χ2n) is 14.1. The summed E-state index contributed by atoms with van der Waals surface area (Å²) in [6.45, 7) is 10.1. The van der Waals surface area contributed by atoms with Crippen molar-refractivity contribution in [2.24, 2.45) is 0 Å². The standard InChI is InChI=1S/C45H64N4O17/c50-45(66-36-42-40-7-3-1-5-38(40)39-6-2-4-8-41(39)42)47-12-14-56-16-18-58-20-22-60-24-26-62-28-30-64-32-34-65-33-31-63-29-27-61-25-23-59-21-19-57-17-15-55-13-11-46-43-10-9-37(48(51)52)35-44(43)49(53)54/h1-10,35,42,46H,11-34,36H2,(H,47,50). The second-order valence-corrected chi connectivity index (χ2v) is 14.1. The molecule has 0 saturated heterocycles. The Morgan fingerprint density at radius 2 is 0.833 bits per heavy atom. The minimum Gasteiger partial charge on any atom is -0.449 e. The number of hydrogen-bond donors (Lipinski definition) is 2. The lowest BCUT2D eigenvalue weighted by molar-refractivity contribution is -0.393. The third-order valence-electron chi connectivity index (χ3n) is 9.53. The van der Waals surface area contributed by atoms with E-state index < -0.39 is 15.9 Å². The van der Waals surface area contributed by atoms with E-state index >= 15 is 0 Å². The smallest absolute Gasteiger partial charge is 0.407 e. The zero-order valence-corrected chi connectivity index (χ0v) is 37.4. The monoisotopic (exact) mass is 932 g/mol. The van der Waals surface area contributed by atoms with Crippen LogP contribution in [0.25, 0.3) is 11.1 Å². The van der Waals surface area contributed by atoms with Gasteiger partial charge in [-0.1, -0.05) is 48.5 Å². The minimum atomic E-state index is -0.683. The van der Waals surface area contributed by atoms with Crippen LogP contribution in [0.2, 0.25) is 0 Å². The lowest BCUT2D eigenvalue weighted by Crippen LogP contribution is -2.29. The van der Waals surface area contributed by atoms with E-state index in [4.69, 9.17) is 56.8 Å². The van der Waals surface area contributed by atoms with Crippen LogP contribution in [0.3, 0.4) is 0 Å². The van der Waals surface area contributed by atoms with Gasteiger partial charge in [-0.15, -0.1) is 0 Å². The Balaban J connectivity index is 0.774. The van der Waals surface area contributed by atoms with Crippen molar-refractivity contribution in [1.82, 2.24) is 5.32 Å². The number of fused-ring (bicyclic) bond motifs is 3. The number of hydrogen-bond acceptors (Lipinski definition) is 18. The van der Waals surface area contributed by atoms with Crippen LogP contribution in [-0.4, -0.2) is 181 Å². The summed E-state index contributed by atoms with van der Waals surface area (Å²) in [6.07, 6.45) is -0.464. The van der Waals surface area contributed by atoms with Gasteiger partial charge in [0.15, 0.2) is 0 Å². The summed E-state index contributed by atoms with van der Waals surface area (Å²) < 4.78 is 65.9. The molecule has 366 valence electrons. The zero-order valence-electron chi connectivity index (χ0n) is 37.4. The number of alkyl carbamates (subject to hydrolysis) is 1. The van der Waals surface area contributed by atoms with Crippen molar-refractivity contribution in [3.05, 3.63) is 98.1 Å². The molecule has 1 amide bonds. The summed E-state index contributed by atoms with van der Waals surface area (Å²) in [7, 11) is 0. The lowest BCUT2D eigenvalue weighted by Gasteiger charge is -2.14. The van der Waals surface area contributed by atoms with Crippen molar-refractivity contribution in [2.45, 2.75) is 5.92 Å². The highest BCUT2D eigenvalue weighted by Gasteiger charge is 2.29. The van der Waals surface area contributed by atoms with E-state index in [0.717, 1.165) is 6.07 Å². The predicted molar refractivity (Wildman–Crippen MR) is 240 cm³/mol. The molecule has 0 radical (unpaired) electrons. The Bertz CT molecular complexity index is 1760. The molecule has 1 aliphatic carbocycles. The normalized spacial score (nSPS) is 11.9. The first-order valence-corrected chi connectivity index (χ1v) is 22.1. The van der Waals surface area contributed by atoms with Crippen molar-refractivity contribution < 1.29 is 71.5 Å². The summed E-state index contributed by atoms with van der Waals surface area (Å²) in [5.41, 5.74) is 4.19.